The van der Waals surface area contributed by atoms with Crippen LogP contribution in [-0.4, -0.2) is 29.6 Å². The molecule has 2 saturated heterocycles. The van der Waals surface area contributed by atoms with E-state index in [4.69, 9.17) is 11.6 Å². The minimum atomic E-state index is 0. The Hall–Kier alpha value is -1.11. The summed E-state index contributed by atoms with van der Waals surface area (Å²) >= 11 is 1.96. The van der Waals surface area contributed by atoms with E-state index in [1.54, 1.807) is 0 Å². The highest BCUT2D eigenvalue weighted by Crippen LogP contribution is 2.42. The van der Waals surface area contributed by atoms with Gasteiger partial charge in [0.2, 0.25) is 0 Å². The molecule has 0 aliphatic carbocycles. The average molecular weight is 314 g/mol. The van der Waals surface area contributed by atoms with Gasteiger partial charge in [-0.1, -0.05) is 34.6 Å². The molecule has 5 nitrogen and oxygen atoms in total. The van der Waals surface area contributed by atoms with Crippen molar-refractivity contribution in [2.24, 2.45) is 17.5 Å². The fourth-order valence-electron chi connectivity index (χ4n) is 2.69. The number of hydrogen-bond acceptors (Lipinski definition) is 6. The maximum Gasteiger partial charge on any atom is 0.0552 e. The molecule has 7 N–H and O–H groups in total. The summed E-state index contributed by atoms with van der Waals surface area (Å²) in [6.45, 7) is 12.4. The lowest BCUT2D eigenvalue weighted by atomic mass is 9.91. The largest absolute Gasteiger partial charge is 0.384 e. The predicted octanol–water partition coefficient (Wildman–Crippen LogP) is 1.27. The first-order valence-electron chi connectivity index (χ1n) is 6.41. The first kappa shape index (κ1) is 19.9. The van der Waals surface area contributed by atoms with Crippen LogP contribution in [0.3, 0.4) is 0 Å². The topological polar surface area (TPSA) is 88.1 Å². The Morgan fingerprint density at radius 2 is 2.00 bits per heavy atom. The van der Waals surface area contributed by atoms with Crippen molar-refractivity contribution in [3.63, 3.8) is 0 Å². The molecule has 2 heterocycles. The van der Waals surface area contributed by atoms with E-state index < -0.39 is 0 Å². The quantitative estimate of drug-likeness (QED) is 0.375. The van der Waals surface area contributed by atoms with E-state index in [2.05, 4.69) is 35.8 Å². The Bertz CT molecular complexity index is 396. The smallest absolute Gasteiger partial charge is 0.0552 e. The van der Waals surface area contributed by atoms with Crippen molar-refractivity contribution in [3.8, 4) is 0 Å². The van der Waals surface area contributed by atoms with Crippen molar-refractivity contribution < 1.29 is 0 Å². The fourth-order valence-corrected chi connectivity index (χ4v) is 4.35. The average Bonchev–Trinajstić information content (AvgIpc) is 2.89. The fraction of sp³-hybridized carbons (Fsp3) is 0.600. The van der Waals surface area contributed by atoms with Crippen LogP contribution in [-0.2, 0) is 0 Å². The van der Waals surface area contributed by atoms with Crippen molar-refractivity contribution in [2.75, 3.05) is 12.3 Å². The lowest BCUT2D eigenvalue weighted by Gasteiger charge is -2.22. The van der Waals surface area contributed by atoms with Gasteiger partial charge in [0.25, 0.3) is 0 Å². The van der Waals surface area contributed by atoms with Gasteiger partial charge in [0.15, 0.2) is 0 Å². The molecule has 2 fully saturated rings. The third kappa shape index (κ3) is 4.43. The van der Waals surface area contributed by atoms with Gasteiger partial charge in [0, 0.05) is 46.1 Å². The number of nitrogens with two attached hydrogens (primary N) is 2. The molecule has 4 unspecified atom stereocenters. The summed E-state index contributed by atoms with van der Waals surface area (Å²) in [6, 6.07) is 0.518. The molecule has 0 aromatic carbocycles. The summed E-state index contributed by atoms with van der Waals surface area (Å²) in [4.78, 5) is 0. The van der Waals surface area contributed by atoms with E-state index in [-0.39, 0.29) is 20.9 Å². The van der Waals surface area contributed by atoms with E-state index in [0.717, 1.165) is 29.3 Å². The summed E-state index contributed by atoms with van der Waals surface area (Å²) < 4.78 is 0. The highest BCUT2D eigenvalue weighted by molar-refractivity contribution is 8.00. The molecule has 122 valence electrons. The highest BCUT2D eigenvalue weighted by atomic mass is 32.2. The summed E-state index contributed by atoms with van der Waals surface area (Å²) in [7, 11) is 0. The van der Waals surface area contributed by atoms with E-state index in [1.807, 2.05) is 11.8 Å². The summed E-state index contributed by atoms with van der Waals surface area (Å²) in [5, 5.41) is 7.12. The number of rotatable bonds is 6. The minimum absolute atomic E-state index is 0. The van der Waals surface area contributed by atoms with Crippen molar-refractivity contribution in [1.29, 1.82) is 0 Å². The first-order valence-corrected chi connectivity index (χ1v) is 7.46. The molecule has 0 radical (unpaired) electrons. The van der Waals surface area contributed by atoms with E-state index in [1.165, 1.54) is 0 Å². The lowest BCUT2D eigenvalue weighted by Crippen LogP contribution is -2.36. The highest BCUT2D eigenvalue weighted by Gasteiger charge is 2.46. The van der Waals surface area contributed by atoms with Crippen molar-refractivity contribution >= 4 is 11.8 Å². The number of hydrogen-bond donors (Lipinski definition) is 5. The zero-order valence-electron chi connectivity index (χ0n) is 11.1. The van der Waals surface area contributed by atoms with Gasteiger partial charge in [0.05, 0.1) is 6.54 Å². The number of nitrogens with one attached hydrogen (secondary N) is 3. The SMILES string of the molecule is C.C.C=C(CNC(=C)CC1SCC2NC(=C)C(N)C21)NN. The van der Waals surface area contributed by atoms with Crippen molar-refractivity contribution in [1.82, 2.24) is 16.1 Å². The zero-order valence-corrected chi connectivity index (χ0v) is 11.9. The monoisotopic (exact) mass is 313 g/mol. The number of allylic oxidation sites excluding steroid dienone is 1. The minimum Gasteiger partial charge on any atom is -0.384 e. The summed E-state index contributed by atoms with van der Waals surface area (Å²) in [5.41, 5.74) is 11.4. The first-order chi connectivity index (χ1) is 9.02. The number of thioether (sulfide) groups is 1. The van der Waals surface area contributed by atoms with Crippen LogP contribution in [0.5, 0.6) is 0 Å². The second kappa shape index (κ2) is 8.36. The molecule has 2 rings (SSSR count). The van der Waals surface area contributed by atoms with Crippen LogP contribution in [0.15, 0.2) is 36.8 Å². The molecule has 4 atom stereocenters. The maximum atomic E-state index is 6.21. The molecule has 0 aromatic heterocycles. The molecule has 0 spiro atoms. The van der Waals surface area contributed by atoms with Gasteiger partial charge in [-0.2, -0.15) is 11.8 Å². The Kier molecular flexibility index (Phi) is 7.92. The molecule has 0 saturated carbocycles. The molecule has 6 heteroatoms. The third-order valence-corrected chi connectivity index (χ3v) is 5.24. The lowest BCUT2D eigenvalue weighted by molar-refractivity contribution is 0.445. The van der Waals surface area contributed by atoms with Crippen molar-refractivity contribution in [3.05, 3.63) is 36.8 Å². The van der Waals surface area contributed by atoms with Gasteiger partial charge >= 0.3 is 0 Å². The molecule has 2 aliphatic heterocycles. The van der Waals surface area contributed by atoms with Crippen LogP contribution in [0, 0.1) is 5.92 Å². The van der Waals surface area contributed by atoms with E-state index in [9.17, 15) is 0 Å². The molecule has 0 amide bonds. The van der Waals surface area contributed by atoms with Crippen LogP contribution >= 0.6 is 11.8 Å². The van der Waals surface area contributed by atoms with E-state index in [0.29, 0.717) is 23.8 Å². The number of fused-ring (bicyclic) bond motifs is 1. The zero-order chi connectivity index (χ0) is 14.0. The number of hydrazine groups is 1. The van der Waals surface area contributed by atoms with Gasteiger partial charge in [-0.3, -0.25) is 5.84 Å². The molecular formula is C15H31N5S. The van der Waals surface area contributed by atoms with Crippen LogP contribution in [0.25, 0.3) is 0 Å². The van der Waals surface area contributed by atoms with Crippen molar-refractivity contribution in [2.45, 2.75) is 38.6 Å². The van der Waals surface area contributed by atoms with Crippen LogP contribution in [0.4, 0.5) is 0 Å². The maximum absolute atomic E-state index is 6.21. The Morgan fingerprint density at radius 3 is 2.62 bits per heavy atom. The second-order valence-corrected chi connectivity index (χ2v) is 6.43. The van der Waals surface area contributed by atoms with E-state index >= 15 is 0 Å². The van der Waals surface area contributed by atoms with Crippen LogP contribution in [0.2, 0.25) is 0 Å². The van der Waals surface area contributed by atoms with Gasteiger partial charge in [0.1, 0.15) is 0 Å². The molecule has 0 bridgehead atoms. The molecule has 2 aliphatic rings. The van der Waals surface area contributed by atoms with Crippen LogP contribution < -0.4 is 27.6 Å². The van der Waals surface area contributed by atoms with Gasteiger partial charge in [-0.05, 0) is 6.42 Å². The van der Waals surface area contributed by atoms with Gasteiger partial charge < -0.3 is 21.8 Å². The molecular weight excluding hydrogens is 282 g/mol. The van der Waals surface area contributed by atoms with Gasteiger partial charge in [-0.25, -0.2) is 0 Å². The Balaban J connectivity index is 0.00000200. The summed E-state index contributed by atoms with van der Waals surface area (Å²) in [6.07, 6.45) is 0.909. The van der Waals surface area contributed by atoms with Gasteiger partial charge in [-0.15, -0.1) is 0 Å². The standard InChI is InChI=1S/C13H23N5S.2CH4/c1-7(16-5-8(2)18-15)4-11-12-10(6-19-11)17-9(3)13(12)14;;/h10-13,16-18H,1-6,14-15H2;2*1H4. The molecule has 0 aromatic rings. The molecule has 21 heavy (non-hydrogen) atoms. The predicted molar refractivity (Wildman–Crippen MR) is 95.5 cm³/mol. The second-order valence-electron chi connectivity index (χ2n) is 5.16. The third-order valence-electron chi connectivity index (χ3n) is 3.78. The normalized spacial score (nSPS) is 29.5. The van der Waals surface area contributed by atoms with Crippen LogP contribution in [0.1, 0.15) is 21.3 Å². The Labute approximate surface area is 133 Å². The summed E-state index contributed by atoms with van der Waals surface area (Å²) in [5.74, 6) is 6.81. The Morgan fingerprint density at radius 1 is 1.33 bits per heavy atom.